The number of rotatable bonds is 3. The van der Waals surface area contributed by atoms with Crippen LogP contribution in [0.15, 0.2) is 66.5 Å². The van der Waals surface area contributed by atoms with Crippen molar-refractivity contribution < 1.29 is 0 Å². The summed E-state index contributed by atoms with van der Waals surface area (Å²) in [7, 11) is 1.86. The molecule has 1 aromatic carbocycles. The first kappa shape index (κ1) is 13.0. The molecule has 3 nitrogen and oxygen atoms in total. The van der Waals surface area contributed by atoms with Crippen LogP contribution in [0.5, 0.6) is 0 Å². The molecule has 0 atom stereocenters. The number of allylic oxidation sites excluding steroid dienone is 2. The Labute approximate surface area is 114 Å². The van der Waals surface area contributed by atoms with Crippen molar-refractivity contribution >= 4 is 5.70 Å². The first-order valence-electron chi connectivity index (χ1n) is 6.22. The Kier molecular flexibility index (Phi) is 3.76. The van der Waals surface area contributed by atoms with Crippen LogP contribution < -0.4 is 16.4 Å². The highest BCUT2D eigenvalue weighted by Gasteiger charge is 2.16. The van der Waals surface area contributed by atoms with E-state index >= 15 is 0 Å². The van der Waals surface area contributed by atoms with Gasteiger partial charge in [-0.05, 0) is 11.6 Å². The lowest BCUT2D eigenvalue weighted by Crippen LogP contribution is -2.23. The zero-order valence-electron chi connectivity index (χ0n) is 11.2. The minimum atomic E-state index is 0.715. The first-order chi connectivity index (χ1) is 9.22. The molecule has 0 aliphatic carbocycles. The minimum Gasteiger partial charge on any atom is -0.397 e. The van der Waals surface area contributed by atoms with Gasteiger partial charge in [0, 0.05) is 30.4 Å². The van der Waals surface area contributed by atoms with Crippen LogP contribution in [0.1, 0.15) is 11.1 Å². The van der Waals surface area contributed by atoms with E-state index in [-0.39, 0.29) is 0 Å². The van der Waals surface area contributed by atoms with Crippen molar-refractivity contribution in [1.82, 2.24) is 10.6 Å². The number of nitrogens with one attached hydrogen (secondary N) is 2. The second kappa shape index (κ2) is 5.48. The molecule has 0 radical (unpaired) electrons. The Morgan fingerprint density at radius 3 is 2.63 bits per heavy atom. The molecule has 0 amide bonds. The molecule has 1 aliphatic rings. The van der Waals surface area contributed by atoms with E-state index < -0.39 is 0 Å². The van der Waals surface area contributed by atoms with Crippen molar-refractivity contribution in [1.29, 1.82) is 0 Å². The summed E-state index contributed by atoms with van der Waals surface area (Å²) in [6.45, 7) is 8.43. The maximum atomic E-state index is 6.33. The number of nitrogens with two attached hydrogens (primary N) is 1. The van der Waals surface area contributed by atoms with Gasteiger partial charge in [0.05, 0.1) is 11.4 Å². The summed E-state index contributed by atoms with van der Waals surface area (Å²) in [5.74, 6) is 0. The van der Waals surface area contributed by atoms with Crippen LogP contribution in [0.25, 0.3) is 5.70 Å². The molecular weight excluding hydrogens is 234 g/mol. The maximum Gasteiger partial charge on any atom is 0.0671 e. The highest BCUT2D eigenvalue weighted by Crippen LogP contribution is 2.25. The molecule has 0 unspecified atom stereocenters. The molecule has 3 heteroatoms. The normalized spacial score (nSPS) is 22.6. The number of hydrogen-bond acceptors (Lipinski definition) is 3. The van der Waals surface area contributed by atoms with Crippen molar-refractivity contribution in [3.8, 4) is 0 Å². The van der Waals surface area contributed by atoms with Crippen LogP contribution in [0, 0.1) is 0 Å². The third kappa shape index (κ3) is 2.27. The summed E-state index contributed by atoms with van der Waals surface area (Å²) in [6.07, 6.45) is 3.58. The van der Waals surface area contributed by atoms with E-state index in [0.717, 1.165) is 33.8 Å². The van der Waals surface area contributed by atoms with Gasteiger partial charge in [-0.25, -0.2) is 0 Å². The van der Waals surface area contributed by atoms with Crippen LogP contribution >= 0.6 is 0 Å². The van der Waals surface area contributed by atoms with E-state index in [1.165, 1.54) is 0 Å². The SMILES string of the molecule is C=C/C1=C(C=C)/C(NC)=C(/N)c2ccccc2CN1. The van der Waals surface area contributed by atoms with Gasteiger partial charge >= 0.3 is 0 Å². The second-order valence-electron chi connectivity index (χ2n) is 4.28. The van der Waals surface area contributed by atoms with E-state index in [4.69, 9.17) is 5.73 Å². The van der Waals surface area contributed by atoms with E-state index in [2.05, 4.69) is 29.9 Å². The predicted octanol–water partition coefficient (Wildman–Crippen LogP) is 2.26. The molecule has 1 aromatic rings. The topological polar surface area (TPSA) is 50.1 Å². The fourth-order valence-corrected chi connectivity index (χ4v) is 2.30. The van der Waals surface area contributed by atoms with E-state index in [1.54, 1.807) is 12.2 Å². The molecule has 0 saturated carbocycles. The summed E-state index contributed by atoms with van der Waals surface area (Å²) in [6, 6.07) is 8.11. The average Bonchev–Trinajstić information content (AvgIpc) is 2.45. The van der Waals surface area contributed by atoms with E-state index in [9.17, 15) is 0 Å². The summed E-state index contributed by atoms with van der Waals surface area (Å²) in [5, 5.41) is 6.54. The summed E-state index contributed by atoms with van der Waals surface area (Å²) in [4.78, 5) is 0. The monoisotopic (exact) mass is 253 g/mol. The molecule has 0 aromatic heterocycles. The molecule has 19 heavy (non-hydrogen) atoms. The maximum absolute atomic E-state index is 6.33. The second-order valence-corrected chi connectivity index (χ2v) is 4.28. The minimum absolute atomic E-state index is 0.715. The Bertz CT molecular complexity index is 579. The Balaban J connectivity index is 2.73. The zero-order valence-corrected chi connectivity index (χ0v) is 11.2. The van der Waals surface area contributed by atoms with Gasteiger partial charge in [-0.15, -0.1) is 0 Å². The molecule has 98 valence electrons. The van der Waals surface area contributed by atoms with Gasteiger partial charge in [0.1, 0.15) is 0 Å². The highest BCUT2D eigenvalue weighted by molar-refractivity contribution is 5.74. The van der Waals surface area contributed by atoms with Gasteiger partial charge in [-0.3, -0.25) is 0 Å². The number of hydrogen-bond donors (Lipinski definition) is 3. The Morgan fingerprint density at radius 2 is 2.00 bits per heavy atom. The lowest BCUT2D eigenvalue weighted by atomic mass is 9.97. The third-order valence-corrected chi connectivity index (χ3v) is 3.26. The fraction of sp³-hybridized carbons (Fsp3) is 0.125. The fourth-order valence-electron chi connectivity index (χ4n) is 2.30. The van der Waals surface area contributed by atoms with Gasteiger partial charge in [-0.2, -0.15) is 0 Å². The van der Waals surface area contributed by atoms with E-state index in [0.29, 0.717) is 6.54 Å². The largest absolute Gasteiger partial charge is 0.397 e. The molecular formula is C16H19N3. The molecule has 0 spiro atoms. The molecule has 1 aliphatic heterocycles. The van der Waals surface area contributed by atoms with Crippen molar-refractivity contribution in [2.75, 3.05) is 7.05 Å². The summed E-state index contributed by atoms with van der Waals surface area (Å²) >= 11 is 0. The molecule has 2 rings (SSSR count). The quantitative estimate of drug-likeness (QED) is 0.774. The van der Waals surface area contributed by atoms with Crippen LogP contribution in [-0.4, -0.2) is 7.05 Å². The Morgan fingerprint density at radius 1 is 1.26 bits per heavy atom. The van der Waals surface area contributed by atoms with Crippen LogP contribution in [-0.2, 0) is 6.54 Å². The van der Waals surface area contributed by atoms with Crippen LogP contribution in [0.3, 0.4) is 0 Å². The van der Waals surface area contributed by atoms with Gasteiger partial charge < -0.3 is 16.4 Å². The third-order valence-electron chi connectivity index (χ3n) is 3.26. The molecule has 0 fully saturated rings. The van der Waals surface area contributed by atoms with Crippen molar-refractivity contribution in [3.63, 3.8) is 0 Å². The standard InChI is InChI=1S/C16H19N3/c1-4-12-14(5-2)19-10-11-8-6-7-9-13(11)15(17)16(12)18-3/h4-9,18-19H,1-2,10,17H2,3H3/b14-12-,16-15-. The Hall–Kier alpha value is -2.42. The number of fused-ring (bicyclic) bond motifs is 1. The molecule has 4 N–H and O–H groups in total. The van der Waals surface area contributed by atoms with Gasteiger partial charge in [0.25, 0.3) is 0 Å². The molecule has 1 heterocycles. The van der Waals surface area contributed by atoms with Gasteiger partial charge in [0.15, 0.2) is 0 Å². The lowest BCUT2D eigenvalue weighted by molar-refractivity contribution is 0.813. The number of benzene rings is 1. The lowest BCUT2D eigenvalue weighted by Gasteiger charge is -2.22. The summed E-state index contributed by atoms with van der Waals surface area (Å²) < 4.78 is 0. The zero-order chi connectivity index (χ0) is 13.8. The van der Waals surface area contributed by atoms with Crippen LogP contribution in [0.4, 0.5) is 0 Å². The first-order valence-corrected chi connectivity index (χ1v) is 6.22. The van der Waals surface area contributed by atoms with E-state index in [1.807, 2.05) is 25.2 Å². The van der Waals surface area contributed by atoms with Crippen molar-refractivity contribution in [2.45, 2.75) is 6.54 Å². The van der Waals surface area contributed by atoms with Crippen molar-refractivity contribution in [3.05, 3.63) is 77.7 Å². The van der Waals surface area contributed by atoms with Gasteiger partial charge in [-0.1, -0.05) is 43.5 Å². The molecule has 0 bridgehead atoms. The number of likely N-dealkylation sites (N-methyl/N-ethyl adjacent to an activating group) is 1. The smallest absolute Gasteiger partial charge is 0.0671 e. The van der Waals surface area contributed by atoms with Crippen LogP contribution in [0.2, 0.25) is 0 Å². The van der Waals surface area contributed by atoms with Crippen molar-refractivity contribution in [2.24, 2.45) is 5.73 Å². The highest BCUT2D eigenvalue weighted by atomic mass is 14.9. The predicted molar refractivity (Wildman–Crippen MR) is 80.9 cm³/mol. The summed E-state index contributed by atoms with van der Waals surface area (Å²) in [5.41, 5.74) is 12.0. The average molecular weight is 253 g/mol. The molecule has 0 saturated heterocycles. The van der Waals surface area contributed by atoms with Gasteiger partial charge in [0.2, 0.25) is 0 Å².